The lowest BCUT2D eigenvalue weighted by Crippen LogP contribution is -2.55. The highest BCUT2D eigenvalue weighted by Crippen LogP contribution is 1.70. The highest BCUT2D eigenvalue weighted by molar-refractivity contribution is 4.74. The van der Waals surface area contributed by atoms with E-state index in [0.717, 1.165) is 9.13 Å². The molecule has 0 saturated carbocycles. The van der Waals surface area contributed by atoms with Crippen molar-refractivity contribution in [2.45, 2.75) is 13.5 Å². The predicted octanol–water partition coefficient (Wildman–Crippen LogP) is -2.85. The van der Waals surface area contributed by atoms with Gasteiger partial charge in [-0.25, -0.2) is 23.5 Å². The molecule has 0 atom stereocenters. The van der Waals surface area contributed by atoms with Gasteiger partial charge in [-0.1, -0.05) is 4.73 Å². The SMILES string of the molecule is CCOn1c(=O)n(C)c(=O)n(CCO)c1=O. The second-order valence-corrected chi connectivity index (χ2v) is 2.99. The summed E-state index contributed by atoms with van der Waals surface area (Å²) in [5, 5.41) is 8.71. The fraction of sp³-hybridized carbons (Fsp3) is 0.625. The van der Waals surface area contributed by atoms with Gasteiger partial charge in [-0.05, 0) is 6.92 Å². The van der Waals surface area contributed by atoms with Gasteiger partial charge in [0, 0.05) is 7.05 Å². The van der Waals surface area contributed by atoms with Gasteiger partial charge in [-0.3, -0.25) is 0 Å². The molecule has 0 aliphatic rings. The smallest absolute Gasteiger partial charge is 0.370 e. The Morgan fingerprint density at radius 1 is 1.19 bits per heavy atom. The van der Waals surface area contributed by atoms with Gasteiger partial charge in [-0.2, -0.15) is 0 Å². The zero-order valence-electron chi connectivity index (χ0n) is 9.04. The zero-order chi connectivity index (χ0) is 12.3. The third kappa shape index (κ3) is 1.91. The van der Waals surface area contributed by atoms with Crippen LogP contribution in [0.1, 0.15) is 6.92 Å². The van der Waals surface area contributed by atoms with Crippen LogP contribution in [0.15, 0.2) is 14.4 Å². The van der Waals surface area contributed by atoms with Crippen molar-refractivity contribution in [3.05, 3.63) is 31.5 Å². The second-order valence-electron chi connectivity index (χ2n) is 2.99. The molecule has 1 heterocycles. The van der Waals surface area contributed by atoms with Crippen molar-refractivity contribution in [3.63, 3.8) is 0 Å². The third-order valence-electron chi connectivity index (χ3n) is 1.96. The Hall–Kier alpha value is -1.83. The standard InChI is InChI=1S/C8H13N3O5/c1-3-16-11-7(14)9(2)6(13)10(4-5-12)8(11)15/h12H,3-5H2,1-2H3. The summed E-state index contributed by atoms with van der Waals surface area (Å²) in [6.07, 6.45) is 0. The van der Waals surface area contributed by atoms with Crippen molar-refractivity contribution in [1.82, 2.24) is 13.9 Å². The molecule has 0 aromatic carbocycles. The molecule has 1 aromatic heterocycles. The van der Waals surface area contributed by atoms with Crippen molar-refractivity contribution in [1.29, 1.82) is 0 Å². The summed E-state index contributed by atoms with van der Waals surface area (Å²) in [4.78, 5) is 39.4. The van der Waals surface area contributed by atoms with E-state index in [0.29, 0.717) is 4.73 Å². The average molecular weight is 231 g/mol. The van der Waals surface area contributed by atoms with Crippen LogP contribution in [-0.2, 0) is 13.6 Å². The first-order valence-corrected chi connectivity index (χ1v) is 4.71. The summed E-state index contributed by atoms with van der Waals surface area (Å²) in [7, 11) is 1.23. The van der Waals surface area contributed by atoms with E-state index in [2.05, 4.69) is 0 Å². The highest BCUT2D eigenvalue weighted by atomic mass is 16.7. The van der Waals surface area contributed by atoms with Gasteiger partial charge in [0.05, 0.1) is 13.2 Å². The van der Waals surface area contributed by atoms with Crippen molar-refractivity contribution in [2.24, 2.45) is 7.05 Å². The maximum Gasteiger partial charge on any atom is 0.370 e. The number of aliphatic hydroxyl groups is 1. The lowest BCUT2D eigenvalue weighted by atomic mass is 10.6. The molecule has 0 unspecified atom stereocenters. The number of aromatic nitrogens is 3. The fourth-order valence-electron chi connectivity index (χ4n) is 1.20. The molecule has 16 heavy (non-hydrogen) atoms. The summed E-state index contributed by atoms with van der Waals surface area (Å²) in [5.41, 5.74) is -2.50. The van der Waals surface area contributed by atoms with Gasteiger partial charge in [0.15, 0.2) is 0 Å². The van der Waals surface area contributed by atoms with Crippen molar-refractivity contribution < 1.29 is 9.94 Å². The average Bonchev–Trinajstić information content (AvgIpc) is 2.28. The molecule has 8 nitrogen and oxygen atoms in total. The number of rotatable bonds is 4. The number of nitrogens with zero attached hydrogens (tertiary/aromatic N) is 3. The quantitative estimate of drug-likeness (QED) is 0.601. The second kappa shape index (κ2) is 4.79. The van der Waals surface area contributed by atoms with E-state index in [1.165, 1.54) is 7.05 Å². The topological polar surface area (TPSA) is 95.5 Å². The molecule has 0 aliphatic heterocycles. The Morgan fingerprint density at radius 3 is 2.31 bits per heavy atom. The molecule has 1 aromatic rings. The normalized spacial score (nSPS) is 10.4. The maximum atomic E-state index is 11.6. The lowest BCUT2D eigenvalue weighted by molar-refractivity contribution is 0.0872. The first kappa shape index (κ1) is 12.2. The Bertz CT molecular complexity index is 494. The molecule has 0 radical (unpaired) electrons. The van der Waals surface area contributed by atoms with E-state index in [-0.39, 0.29) is 19.8 Å². The van der Waals surface area contributed by atoms with Crippen molar-refractivity contribution in [3.8, 4) is 0 Å². The van der Waals surface area contributed by atoms with Crippen LogP contribution in [0.5, 0.6) is 0 Å². The van der Waals surface area contributed by atoms with Crippen molar-refractivity contribution in [2.75, 3.05) is 13.2 Å². The van der Waals surface area contributed by atoms with E-state index < -0.39 is 17.1 Å². The molecule has 90 valence electrons. The predicted molar refractivity (Wildman–Crippen MR) is 54.4 cm³/mol. The van der Waals surface area contributed by atoms with Gasteiger partial charge in [0.25, 0.3) is 0 Å². The zero-order valence-corrected chi connectivity index (χ0v) is 9.04. The van der Waals surface area contributed by atoms with Crippen LogP contribution >= 0.6 is 0 Å². The van der Waals surface area contributed by atoms with E-state index in [9.17, 15) is 14.4 Å². The largest absolute Gasteiger partial charge is 0.405 e. The third-order valence-corrected chi connectivity index (χ3v) is 1.96. The molecule has 0 fully saturated rings. The van der Waals surface area contributed by atoms with Gasteiger partial charge < -0.3 is 9.94 Å². The summed E-state index contributed by atoms with van der Waals surface area (Å²) < 4.78 is 1.97. The molecule has 1 N–H and O–H groups in total. The monoisotopic (exact) mass is 231 g/mol. The van der Waals surface area contributed by atoms with E-state index >= 15 is 0 Å². The summed E-state index contributed by atoms with van der Waals surface area (Å²) >= 11 is 0. The molecular formula is C8H13N3O5. The number of aliphatic hydroxyl groups excluding tert-OH is 1. The minimum Gasteiger partial charge on any atom is -0.405 e. The Balaban J connectivity index is 3.59. The molecule has 0 saturated heterocycles. The van der Waals surface area contributed by atoms with E-state index in [1.807, 2.05) is 0 Å². The van der Waals surface area contributed by atoms with Gasteiger partial charge in [0.2, 0.25) is 0 Å². The molecule has 0 aliphatic carbocycles. The van der Waals surface area contributed by atoms with E-state index in [4.69, 9.17) is 9.94 Å². The Morgan fingerprint density at radius 2 is 1.81 bits per heavy atom. The summed E-state index contributed by atoms with van der Waals surface area (Å²) in [6, 6.07) is 0. The van der Waals surface area contributed by atoms with Crippen LogP contribution < -0.4 is 21.9 Å². The van der Waals surface area contributed by atoms with Gasteiger partial charge >= 0.3 is 17.1 Å². The van der Waals surface area contributed by atoms with Crippen LogP contribution in [0.3, 0.4) is 0 Å². The molecule has 0 amide bonds. The summed E-state index contributed by atoms with van der Waals surface area (Å²) in [5.74, 6) is 0. The maximum absolute atomic E-state index is 11.6. The van der Waals surface area contributed by atoms with Gasteiger partial charge in [-0.15, -0.1) is 0 Å². The summed E-state index contributed by atoms with van der Waals surface area (Å²) in [6.45, 7) is 1.16. The van der Waals surface area contributed by atoms with Gasteiger partial charge in [0.1, 0.15) is 6.61 Å². The Kier molecular flexibility index (Phi) is 3.67. The lowest BCUT2D eigenvalue weighted by Gasteiger charge is -2.09. The molecule has 0 spiro atoms. The minimum absolute atomic E-state index is 0.118. The molecule has 1 rings (SSSR count). The molecular weight excluding hydrogens is 218 g/mol. The molecule has 8 heteroatoms. The fourth-order valence-corrected chi connectivity index (χ4v) is 1.20. The van der Waals surface area contributed by atoms with Crippen LogP contribution in [-0.4, -0.2) is 32.2 Å². The first-order chi connectivity index (χ1) is 7.54. The van der Waals surface area contributed by atoms with Crippen LogP contribution in [0.25, 0.3) is 0 Å². The Labute approximate surface area is 89.9 Å². The number of hydrogen-bond donors (Lipinski definition) is 1. The highest BCUT2D eigenvalue weighted by Gasteiger charge is 2.12. The van der Waals surface area contributed by atoms with Crippen molar-refractivity contribution >= 4 is 0 Å². The van der Waals surface area contributed by atoms with Crippen LogP contribution in [0, 0.1) is 0 Å². The van der Waals surface area contributed by atoms with E-state index in [1.54, 1.807) is 6.92 Å². The van der Waals surface area contributed by atoms with Crippen LogP contribution in [0.2, 0.25) is 0 Å². The molecule has 0 bridgehead atoms. The first-order valence-electron chi connectivity index (χ1n) is 4.71. The van der Waals surface area contributed by atoms with Crippen LogP contribution in [0.4, 0.5) is 0 Å². The minimum atomic E-state index is -0.885. The number of hydrogen-bond acceptors (Lipinski definition) is 5.